The van der Waals surface area contributed by atoms with E-state index in [2.05, 4.69) is 5.32 Å². The molecule has 1 atom stereocenters. The van der Waals surface area contributed by atoms with Crippen LogP contribution in [0.2, 0.25) is 0 Å². The molecule has 2 rings (SSSR count). The maximum absolute atomic E-state index is 12.7. The Bertz CT molecular complexity index is 960. The Labute approximate surface area is 177 Å². The number of carbonyl (C=O) groups excluding carboxylic acids is 1. The Morgan fingerprint density at radius 2 is 1.63 bits per heavy atom. The molecule has 0 spiro atoms. The van der Waals surface area contributed by atoms with Crippen LogP contribution in [0.5, 0.6) is 17.2 Å². The van der Waals surface area contributed by atoms with E-state index in [4.69, 9.17) is 14.2 Å². The standard InChI is InChI=1S/C21H28N2O6S/c1-15(23(30(5,25)26)17-7-9-18(27-2)10-8-17)21(24)22-13-12-16-6-11-19(28-3)20(14-16)29-4/h6-11,14-15H,12-13H2,1-5H3,(H,22,24)/t15-/m1/s1. The number of hydrogen-bond acceptors (Lipinski definition) is 6. The van der Waals surface area contributed by atoms with Crippen molar-refractivity contribution < 1.29 is 27.4 Å². The largest absolute Gasteiger partial charge is 0.497 e. The first-order valence-corrected chi connectivity index (χ1v) is 11.2. The lowest BCUT2D eigenvalue weighted by molar-refractivity contribution is -0.121. The molecule has 1 N–H and O–H groups in total. The lowest BCUT2D eigenvalue weighted by Gasteiger charge is -2.28. The van der Waals surface area contributed by atoms with Gasteiger partial charge in [-0.25, -0.2) is 8.42 Å². The Balaban J connectivity index is 2.06. The Kier molecular flexibility index (Phi) is 7.93. The first-order chi connectivity index (χ1) is 14.2. The molecule has 0 saturated carbocycles. The molecule has 0 saturated heterocycles. The maximum atomic E-state index is 12.7. The minimum atomic E-state index is -3.67. The third-order valence-corrected chi connectivity index (χ3v) is 5.82. The first-order valence-electron chi connectivity index (χ1n) is 9.33. The van der Waals surface area contributed by atoms with Gasteiger partial charge in [0.25, 0.3) is 0 Å². The van der Waals surface area contributed by atoms with Gasteiger partial charge >= 0.3 is 0 Å². The summed E-state index contributed by atoms with van der Waals surface area (Å²) >= 11 is 0. The van der Waals surface area contributed by atoms with Crippen LogP contribution in [0.25, 0.3) is 0 Å². The molecule has 0 aliphatic carbocycles. The molecule has 0 aromatic heterocycles. The molecule has 0 radical (unpaired) electrons. The van der Waals surface area contributed by atoms with Gasteiger partial charge in [0, 0.05) is 6.54 Å². The molecule has 9 heteroatoms. The molecular formula is C21H28N2O6S. The number of nitrogens with zero attached hydrogens (tertiary/aromatic N) is 1. The Hall–Kier alpha value is -2.94. The number of anilines is 1. The minimum Gasteiger partial charge on any atom is -0.497 e. The third-order valence-electron chi connectivity index (χ3n) is 4.58. The maximum Gasteiger partial charge on any atom is 0.243 e. The zero-order valence-corrected chi connectivity index (χ0v) is 18.7. The molecule has 0 aliphatic heterocycles. The number of ether oxygens (including phenoxy) is 3. The molecule has 30 heavy (non-hydrogen) atoms. The van der Waals surface area contributed by atoms with Crippen molar-refractivity contribution in [2.24, 2.45) is 0 Å². The summed E-state index contributed by atoms with van der Waals surface area (Å²) < 4.78 is 41.4. The van der Waals surface area contributed by atoms with E-state index in [9.17, 15) is 13.2 Å². The normalized spacial score (nSPS) is 12.0. The van der Waals surface area contributed by atoms with E-state index in [1.165, 1.54) is 7.11 Å². The average molecular weight is 437 g/mol. The lowest BCUT2D eigenvalue weighted by atomic mass is 10.1. The molecule has 164 valence electrons. The van der Waals surface area contributed by atoms with E-state index in [-0.39, 0.29) is 0 Å². The second kappa shape index (κ2) is 10.2. The van der Waals surface area contributed by atoms with Gasteiger partial charge < -0.3 is 19.5 Å². The van der Waals surface area contributed by atoms with E-state index >= 15 is 0 Å². The average Bonchev–Trinajstić information content (AvgIpc) is 2.73. The van der Waals surface area contributed by atoms with E-state index in [0.29, 0.717) is 35.9 Å². The van der Waals surface area contributed by atoms with Crippen LogP contribution in [0, 0.1) is 0 Å². The molecule has 0 bridgehead atoms. The van der Waals surface area contributed by atoms with Gasteiger partial charge in [-0.05, 0) is 55.3 Å². The highest BCUT2D eigenvalue weighted by Gasteiger charge is 2.28. The van der Waals surface area contributed by atoms with Crippen LogP contribution in [0.4, 0.5) is 5.69 Å². The van der Waals surface area contributed by atoms with E-state index in [1.807, 2.05) is 12.1 Å². The van der Waals surface area contributed by atoms with Crippen LogP contribution in [-0.2, 0) is 21.2 Å². The summed E-state index contributed by atoms with van der Waals surface area (Å²) in [6.07, 6.45) is 1.63. The lowest BCUT2D eigenvalue weighted by Crippen LogP contribution is -2.48. The van der Waals surface area contributed by atoms with Crippen molar-refractivity contribution in [3.8, 4) is 17.2 Å². The van der Waals surface area contributed by atoms with Crippen molar-refractivity contribution in [1.29, 1.82) is 0 Å². The van der Waals surface area contributed by atoms with Gasteiger partial charge in [0.2, 0.25) is 15.9 Å². The third kappa shape index (κ3) is 5.79. The predicted octanol–water partition coefficient (Wildman–Crippen LogP) is 2.23. The fourth-order valence-electron chi connectivity index (χ4n) is 3.05. The van der Waals surface area contributed by atoms with Crippen LogP contribution in [0.3, 0.4) is 0 Å². The van der Waals surface area contributed by atoms with Gasteiger partial charge in [-0.1, -0.05) is 6.07 Å². The summed E-state index contributed by atoms with van der Waals surface area (Å²) in [6, 6.07) is 11.1. The molecule has 2 aromatic carbocycles. The van der Waals surface area contributed by atoms with Gasteiger partial charge in [0.15, 0.2) is 11.5 Å². The number of rotatable bonds is 10. The zero-order chi connectivity index (χ0) is 22.3. The number of benzene rings is 2. The molecular weight excluding hydrogens is 408 g/mol. The van der Waals surface area contributed by atoms with Crippen molar-refractivity contribution in [2.75, 3.05) is 38.4 Å². The summed E-state index contributed by atoms with van der Waals surface area (Å²) in [7, 11) is 0.976. The van der Waals surface area contributed by atoms with E-state index < -0.39 is 22.0 Å². The molecule has 8 nitrogen and oxygen atoms in total. The minimum absolute atomic E-state index is 0.346. The summed E-state index contributed by atoms with van der Waals surface area (Å²) in [5.74, 6) is 1.44. The van der Waals surface area contributed by atoms with Crippen molar-refractivity contribution in [3.05, 3.63) is 48.0 Å². The van der Waals surface area contributed by atoms with Crippen LogP contribution in [0.1, 0.15) is 12.5 Å². The fourth-order valence-corrected chi connectivity index (χ4v) is 4.23. The number of sulfonamides is 1. The Morgan fingerprint density at radius 1 is 1.00 bits per heavy atom. The van der Waals surface area contributed by atoms with Gasteiger partial charge in [-0.15, -0.1) is 0 Å². The van der Waals surface area contributed by atoms with E-state index in [1.54, 1.807) is 51.5 Å². The van der Waals surface area contributed by atoms with E-state index in [0.717, 1.165) is 16.1 Å². The van der Waals surface area contributed by atoms with Crippen molar-refractivity contribution in [1.82, 2.24) is 5.32 Å². The summed E-state index contributed by atoms with van der Waals surface area (Å²) in [4.78, 5) is 12.7. The van der Waals surface area contributed by atoms with Gasteiger partial charge in [-0.3, -0.25) is 9.10 Å². The van der Waals surface area contributed by atoms with Gasteiger partial charge in [0.1, 0.15) is 11.8 Å². The summed E-state index contributed by atoms with van der Waals surface area (Å²) in [5, 5.41) is 2.80. The second-order valence-corrected chi connectivity index (χ2v) is 8.52. The van der Waals surface area contributed by atoms with Crippen LogP contribution in [0.15, 0.2) is 42.5 Å². The quantitative estimate of drug-likeness (QED) is 0.614. The monoisotopic (exact) mass is 436 g/mol. The van der Waals surface area contributed by atoms with Crippen molar-refractivity contribution in [2.45, 2.75) is 19.4 Å². The predicted molar refractivity (Wildman–Crippen MR) is 116 cm³/mol. The number of carbonyl (C=O) groups is 1. The molecule has 2 aromatic rings. The number of methoxy groups -OCH3 is 3. The van der Waals surface area contributed by atoms with Crippen LogP contribution < -0.4 is 23.8 Å². The molecule has 0 heterocycles. The molecule has 0 unspecified atom stereocenters. The highest BCUT2D eigenvalue weighted by atomic mass is 32.2. The van der Waals surface area contributed by atoms with Crippen molar-refractivity contribution >= 4 is 21.6 Å². The zero-order valence-electron chi connectivity index (χ0n) is 17.8. The highest BCUT2D eigenvalue weighted by molar-refractivity contribution is 7.92. The summed E-state index contributed by atoms with van der Waals surface area (Å²) in [5.41, 5.74) is 1.34. The topological polar surface area (TPSA) is 94.2 Å². The molecule has 0 fully saturated rings. The smallest absolute Gasteiger partial charge is 0.243 e. The molecule has 1 amide bonds. The SMILES string of the molecule is COc1ccc(N([C@H](C)C(=O)NCCc2ccc(OC)c(OC)c2)S(C)(=O)=O)cc1. The molecule has 0 aliphatic rings. The number of hydrogen-bond donors (Lipinski definition) is 1. The second-order valence-electron chi connectivity index (χ2n) is 6.66. The first kappa shape index (κ1) is 23.3. The van der Waals surface area contributed by atoms with Crippen LogP contribution >= 0.6 is 0 Å². The number of nitrogens with one attached hydrogen (secondary N) is 1. The van der Waals surface area contributed by atoms with Crippen LogP contribution in [-0.4, -0.2) is 54.5 Å². The van der Waals surface area contributed by atoms with Gasteiger partial charge in [-0.2, -0.15) is 0 Å². The number of amides is 1. The Morgan fingerprint density at radius 3 is 2.17 bits per heavy atom. The highest BCUT2D eigenvalue weighted by Crippen LogP contribution is 2.27. The summed E-state index contributed by atoms with van der Waals surface area (Å²) in [6.45, 7) is 1.90. The van der Waals surface area contributed by atoms with Crippen molar-refractivity contribution in [3.63, 3.8) is 0 Å². The fraction of sp³-hybridized carbons (Fsp3) is 0.381. The van der Waals surface area contributed by atoms with Gasteiger partial charge in [0.05, 0.1) is 33.3 Å².